The predicted octanol–water partition coefficient (Wildman–Crippen LogP) is 0.735. The van der Waals surface area contributed by atoms with Gasteiger partial charge in [-0.25, -0.2) is 0 Å². The molecule has 88 valence electrons. The molecule has 2 fully saturated rings. The van der Waals surface area contributed by atoms with Crippen molar-refractivity contribution in [3.8, 4) is 0 Å². The second-order valence-corrected chi connectivity index (χ2v) is 4.93. The fraction of sp³-hybridized carbons (Fsp3) is 0.750. The average molecular weight is 220 g/mol. The molecule has 0 aromatic carbocycles. The third-order valence-corrected chi connectivity index (χ3v) is 3.55. The van der Waals surface area contributed by atoms with Gasteiger partial charge in [0, 0.05) is 50.8 Å². The van der Waals surface area contributed by atoms with Gasteiger partial charge in [-0.15, -0.1) is 0 Å². The van der Waals surface area contributed by atoms with Crippen LogP contribution in [0.15, 0.2) is 6.07 Å². The Balaban J connectivity index is 1.49. The molecule has 0 unspecified atom stereocenters. The zero-order valence-electron chi connectivity index (χ0n) is 9.71. The first-order valence-electron chi connectivity index (χ1n) is 6.39. The Morgan fingerprint density at radius 3 is 2.88 bits per heavy atom. The molecule has 4 nitrogen and oxygen atoms in total. The Labute approximate surface area is 96.4 Å². The van der Waals surface area contributed by atoms with Crippen LogP contribution in [0.1, 0.15) is 30.1 Å². The van der Waals surface area contributed by atoms with E-state index in [1.807, 2.05) is 0 Å². The van der Waals surface area contributed by atoms with Gasteiger partial charge in [0.25, 0.3) is 0 Å². The van der Waals surface area contributed by atoms with Gasteiger partial charge >= 0.3 is 0 Å². The topological polar surface area (TPSA) is 44.0 Å². The van der Waals surface area contributed by atoms with E-state index in [1.54, 1.807) is 0 Å². The first kappa shape index (κ1) is 10.3. The van der Waals surface area contributed by atoms with Gasteiger partial charge in [0.1, 0.15) is 0 Å². The Hall–Kier alpha value is -0.870. The van der Waals surface area contributed by atoms with Crippen molar-refractivity contribution >= 4 is 0 Å². The number of aromatic nitrogens is 2. The van der Waals surface area contributed by atoms with E-state index in [9.17, 15) is 0 Å². The zero-order valence-corrected chi connectivity index (χ0v) is 9.71. The van der Waals surface area contributed by atoms with Crippen LogP contribution in [0.3, 0.4) is 0 Å². The van der Waals surface area contributed by atoms with Crippen molar-refractivity contribution in [1.82, 2.24) is 20.4 Å². The Morgan fingerprint density at radius 2 is 2.12 bits per heavy atom. The maximum Gasteiger partial charge on any atom is 0.0655 e. The van der Waals surface area contributed by atoms with Gasteiger partial charge in [-0.2, -0.15) is 5.10 Å². The molecule has 0 atom stereocenters. The van der Waals surface area contributed by atoms with Crippen molar-refractivity contribution in [2.45, 2.75) is 25.2 Å². The van der Waals surface area contributed by atoms with Gasteiger partial charge in [0.05, 0.1) is 5.69 Å². The van der Waals surface area contributed by atoms with Crippen molar-refractivity contribution in [2.75, 3.05) is 32.7 Å². The summed E-state index contributed by atoms with van der Waals surface area (Å²) in [6.07, 6.45) is 3.78. The van der Waals surface area contributed by atoms with Crippen LogP contribution < -0.4 is 5.32 Å². The fourth-order valence-corrected chi connectivity index (χ4v) is 2.31. The second kappa shape index (κ2) is 4.55. The Morgan fingerprint density at radius 1 is 1.31 bits per heavy atom. The molecule has 16 heavy (non-hydrogen) atoms. The second-order valence-electron chi connectivity index (χ2n) is 4.93. The summed E-state index contributed by atoms with van der Waals surface area (Å²) in [6.45, 7) is 5.80. The summed E-state index contributed by atoms with van der Waals surface area (Å²) >= 11 is 0. The van der Waals surface area contributed by atoms with E-state index in [0.717, 1.165) is 32.0 Å². The van der Waals surface area contributed by atoms with E-state index in [4.69, 9.17) is 0 Å². The molecule has 2 heterocycles. The molecule has 1 saturated carbocycles. The molecular weight excluding hydrogens is 200 g/mol. The van der Waals surface area contributed by atoms with Gasteiger partial charge in [-0.1, -0.05) is 0 Å². The van der Waals surface area contributed by atoms with E-state index in [-0.39, 0.29) is 0 Å². The lowest BCUT2D eigenvalue weighted by molar-refractivity contribution is 0.243. The van der Waals surface area contributed by atoms with E-state index in [1.165, 1.54) is 37.3 Å². The van der Waals surface area contributed by atoms with Crippen LogP contribution in [0.2, 0.25) is 0 Å². The number of nitrogens with zero attached hydrogens (tertiary/aromatic N) is 2. The van der Waals surface area contributed by atoms with E-state index in [2.05, 4.69) is 26.5 Å². The van der Waals surface area contributed by atoms with Crippen LogP contribution in [0.5, 0.6) is 0 Å². The monoisotopic (exact) mass is 220 g/mol. The molecule has 2 aliphatic rings. The summed E-state index contributed by atoms with van der Waals surface area (Å²) in [5, 5.41) is 10.9. The highest BCUT2D eigenvalue weighted by atomic mass is 15.2. The predicted molar refractivity (Wildman–Crippen MR) is 63.6 cm³/mol. The molecule has 1 aromatic rings. The Bertz CT molecular complexity index is 337. The minimum absolute atomic E-state index is 0.768. The summed E-state index contributed by atoms with van der Waals surface area (Å²) in [5.41, 5.74) is 2.59. The molecule has 1 aliphatic carbocycles. The van der Waals surface area contributed by atoms with Crippen LogP contribution in [-0.4, -0.2) is 47.8 Å². The minimum Gasteiger partial charge on any atom is -0.314 e. The molecule has 1 aliphatic heterocycles. The number of hydrogen-bond donors (Lipinski definition) is 2. The number of rotatable bonds is 4. The van der Waals surface area contributed by atoms with Gasteiger partial charge in [0.15, 0.2) is 0 Å². The van der Waals surface area contributed by atoms with E-state index >= 15 is 0 Å². The number of hydrogen-bond acceptors (Lipinski definition) is 3. The van der Waals surface area contributed by atoms with E-state index in [0.29, 0.717) is 0 Å². The molecule has 2 N–H and O–H groups in total. The number of nitrogens with one attached hydrogen (secondary N) is 2. The third-order valence-electron chi connectivity index (χ3n) is 3.55. The number of piperazine rings is 1. The highest BCUT2D eigenvalue weighted by Gasteiger charge is 2.26. The smallest absolute Gasteiger partial charge is 0.0655 e. The lowest BCUT2D eigenvalue weighted by Gasteiger charge is -2.26. The lowest BCUT2D eigenvalue weighted by Crippen LogP contribution is -2.44. The molecule has 4 heteroatoms. The van der Waals surface area contributed by atoms with Gasteiger partial charge < -0.3 is 10.2 Å². The van der Waals surface area contributed by atoms with Crippen LogP contribution >= 0.6 is 0 Å². The summed E-state index contributed by atoms with van der Waals surface area (Å²) in [5.74, 6) is 0.768. The molecule has 3 rings (SSSR count). The van der Waals surface area contributed by atoms with Crippen LogP contribution in [0.25, 0.3) is 0 Å². The van der Waals surface area contributed by atoms with Crippen molar-refractivity contribution in [2.24, 2.45) is 0 Å². The average Bonchev–Trinajstić information content (AvgIpc) is 3.08. The van der Waals surface area contributed by atoms with Gasteiger partial charge in [-0.3, -0.25) is 5.10 Å². The van der Waals surface area contributed by atoms with Crippen molar-refractivity contribution in [1.29, 1.82) is 0 Å². The molecular formula is C12H20N4. The van der Waals surface area contributed by atoms with Crippen molar-refractivity contribution in [3.05, 3.63) is 17.5 Å². The number of H-pyrrole nitrogens is 1. The van der Waals surface area contributed by atoms with Gasteiger partial charge in [0.2, 0.25) is 0 Å². The summed E-state index contributed by atoms with van der Waals surface area (Å²) in [4.78, 5) is 2.52. The first-order chi connectivity index (χ1) is 7.92. The van der Waals surface area contributed by atoms with Crippen molar-refractivity contribution in [3.63, 3.8) is 0 Å². The van der Waals surface area contributed by atoms with Gasteiger partial charge in [-0.05, 0) is 18.9 Å². The lowest BCUT2D eigenvalue weighted by atomic mass is 10.2. The molecule has 0 radical (unpaired) electrons. The molecule has 0 amide bonds. The SMILES string of the molecule is c1c(C2CC2)n[nH]c1CCN1CCNCC1. The molecule has 1 aromatic heterocycles. The highest BCUT2D eigenvalue weighted by Crippen LogP contribution is 2.38. The van der Waals surface area contributed by atoms with Crippen LogP contribution in [-0.2, 0) is 6.42 Å². The minimum atomic E-state index is 0.768. The maximum absolute atomic E-state index is 4.39. The normalized spacial score (nSPS) is 22.5. The molecule has 0 spiro atoms. The standard InChI is InChI=1S/C12H20N4/c1-2-10(1)12-9-11(14-15-12)3-6-16-7-4-13-5-8-16/h9-10,13H,1-8H2,(H,14,15). The maximum atomic E-state index is 4.39. The third kappa shape index (κ3) is 2.44. The van der Waals surface area contributed by atoms with Crippen LogP contribution in [0, 0.1) is 0 Å². The first-order valence-corrected chi connectivity index (χ1v) is 6.39. The summed E-state index contributed by atoms with van der Waals surface area (Å²) < 4.78 is 0. The molecule has 1 saturated heterocycles. The quantitative estimate of drug-likeness (QED) is 0.786. The van der Waals surface area contributed by atoms with Crippen LogP contribution in [0.4, 0.5) is 0 Å². The fourth-order valence-electron chi connectivity index (χ4n) is 2.31. The number of aromatic amines is 1. The summed E-state index contributed by atoms with van der Waals surface area (Å²) in [7, 11) is 0. The highest BCUT2D eigenvalue weighted by molar-refractivity contribution is 5.17. The van der Waals surface area contributed by atoms with E-state index < -0.39 is 0 Å². The zero-order chi connectivity index (χ0) is 10.8. The molecule has 0 bridgehead atoms. The summed E-state index contributed by atoms with van der Waals surface area (Å²) in [6, 6.07) is 2.26. The van der Waals surface area contributed by atoms with Crippen molar-refractivity contribution < 1.29 is 0 Å². The Kier molecular flexibility index (Phi) is 2.93. The largest absolute Gasteiger partial charge is 0.314 e.